The number of hydrogen-bond donors (Lipinski definition) is 1. The maximum absolute atomic E-state index is 13.4. The maximum Gasteiger partial charge on any atom is 0.167 e. The molecule has 0 aliphatic rings. The summed E-state index contributed by atoms with van der Waals surface area (Å²) < 4.78 is 18.3. The molecule has 0 saturated carbocycles. The summed E-state index contributed by atoms with van der Waals surface area (Å²) in [4.78, 5) is 3.96. The Kier molecular flexibility index (Phi) is 4.12. The van der Waals surface area contributed by atoms with Gasteiger partial charge < -0.3 is 10.1 Å². The van der Waals surface area contributed by atoms with E-state index < -0.39 is 0 Å². The molecule has 0 atom stereocenters. The van der Waals surface area contributed by atoms with Crippen molar-refractivity contribution in [2.45, 2.75) is 6.42 Å². The van der Waals surface area contributed by atoms with Crippen LogP contribution >= 0.6 is 0 Å². The van der Waals surface area contributed by atoms with Crippen LogP contribution in [-0.4, -0.2) is 18.6 Å². The average molecular weight is 246 g/mol. The lowest BCUT2D eigenvalue weighted by atomic mass is 10.2. The molecule has 4 heteroatoms. The van der Waals surface area contributed by atoms with Crippen LogP contribution in [0.1, 0.15) is 5.56 Å². The van der Waals surface area contributed by atoms with Crippen LogP contribution < -0.4 is 10.1 Å². The Labute approximate surface area is 106 Å². The van der Waals surface area contributed by atoms with Gasteiger partial charge in [0, 0.05) is 30.7 Å². The fourth-order valence-corrected chi connectivity index (χ4v) is 1.68. The van der Waals surface area contributed by atoms with Crippen molar-refractivity contribution >= 4 is 5.69 Å². The number of nitrogens with one attached hydrogen (secondary N) is 1. The molecule has 94 valence electrons. The Morgan fingerprint density at radius 1 is 1.22 bits per heavy atom. The minimum absolute atomic E-state index is 0.259. The molecule has 0 aliphatic carbocycles. The molecular weight excluding hydrogens is 231 g/mol. The van der Waals surface area contributed by atoms with Crippen LogP contribution in [-0.2, 0) is 6.42 Å². The van der Waals surface area contributed by atoms with Gasteiger partial charge in [0.25, 0.3) is 0 Å². The van der Waals surface area contributed by atoms with Gasteiger partial charge in [-0.15, -0.1) is 0 Å². The van der Waals surface area contributed by atoms with Gasteiger partial charge in [0.2, 0.25) is 0 Å². The first kappa shape index (κ1) is 12.4. The molecule has 0 unspecified atom stereocenters. The fourth-order valence-electron chi connectivity index (χ4n) is 1.68. The lowest BCUT2D eigenvalue weighted by Gasteiger charge is -2.08. The highest BCUT2D eigenvalue weighted by atomic mass is 19.1. The van der Waals surface area contributed by atoms with Crippen molar-refractivity contribution in [3.63, 3.8) is 0 Å². The molecule has 0 saturated heterocycles. The lowest BCUT2D eigenvalue weighted by Crippen LogP contribution is -2.05. The van der Waals surface area contributed by atoms with Gasteiger partial charge in [0.1, 0.15) is 0 Å². The highest BCUT2D eigenvalue weighted by molar-refractivity contribution is 5.47. The number of hydrogen-bond acceptors (Lipinski definition) is 3. The van der Waals surface area contributed by atoms with E-state index >= 15 is 0 Å². The number of methoxy groups -OCH3 is 1. The Morgan fingerprint density at radius 3 is 2.67 bits per heavy atom. The zero-order valence-corrected chi connectivity index (χ0v) is 10.2. The Hall–Kier alpha value is -2.10. The highest BCUT2D eigenvalue weighted by Gasteiger charge is 2.02. The largest absolute Gasteiger partial charge is 0.494 e. The molecule has 0 radical (unpaired) electrons. The quantitative estimate of drug-likeness (QED) is 0.880. The third-order valence-corrected chi connectivity index (χ3v) is 2.64. The van der Waals surface area contributed by atoms with E-state index in [9.17, 15) is 4.39 Å². The summed E-state index contributed by atoms with van der Waals surface area (Å²) in [6.07, 6.45) is 4.40. The van der Waals surface area contributed by atoms with Gasteiger partial charge in [-0.25, -0.2) is 4.39 Å². The summed E-state index contributed by atoms with van der Waals surface area (Å²) >= 11 is 0. The Balaban J connectivity index is 1.89. The topological polar surface area (TPSA) is 34.1 Å². The van der Waals surface area contributed by atoms with Crippen LogP contribution in [0.2, 0.25) is 0 Å². The molecule has 0 bridgehead atoms. The van der Waals surface area contributed by atoms with Crippen LogP contribution in [0.3, 0.4) is 0 Å². The zero-order chi connectivity index (χ0) is 12.8. The summed E-state index contributed by atoms with van der Waals surface area (Å²) in [5, 5.41) is 3.17. The zero-order valence-electron chi connectivity index (χ0n) is 10.2. The van der Waals surface area contributed by atoms with Gasteiger partial charge in [-0.1, -0.05) is 0 Å². The molecule has 0 spiro atoms. The second kappa shape index (κ2) is 6.00. The third kappa shape index (κ3) is 3.20. The normalized spacial score (nSPS) is 10.1. The molecule has 0 aliphatic heterocycles. The first-order chi connectivity index (χ1) is 8.79. The van der Waals surface area contributed by atoms with Crippen molar-refractivity contribution in [3.8, 4) is 5.75 Å². The molecule has 1 N–H and O–H groups in total. The molecule has 2 rings (SSSR count). The van der Waals surface area contributed by atoms with Gasteiger partial charge in [-0.3, -0.25) is 4.98 Å². The number of aromatic nitrogens is 1. The predicted molar refractivity (Wildman–Crippen MR) is 69.4 cm³/mol. The second-order valence-electron chi connectivity index (χ2n) is 3.88. The van der Waals surface area contributed by atoms with Crippen molar-refractivity contribution in [2.24, 2.45) is 0 Å². The van der Waals surface area contributed by atoms with E-state index in [0.29, 0.717) is 0 Å². The van der Waals surface area contributed by atoms with E-state index in [0.717, 1.165) is 18.7 Å². The number of anilines is 1. The molecule has 1 heterocycles. The third-order valence-electron chi connectivity index (χ3n) is 2.64. The van der Waals surface area contributed by atoms with Crippen LogP contribution in [0, 0.1) is 5.82 Å². The first-order valence-corrected chi connectivity index (χ1v) is 5.76. The van der Waals surface area contributed by atoms with Crippen LogP contribution in [0.25, 0.3) is 0 Å². The van der Waals surface area contributed by atoms with Crippen molar-refractivity contribution in [3.05, 3.63) is 54.1 Å². The highest BCUT2D eigenvalue weighted by Crippen LogP contribution is 2.20. The van der Waals surface area contributed by atoms with Crippen LogP contribution in [0.5, 0.6) is 5.75 Å². The number of rotatable bonds is 5. The number of pyridine rings is 1. The monoisotopic (exact) mass is 246 g/mol. The number of halogens is 1. The Bertz CT molecular complexity index is 502. The smallest absolute Gasteiger partial charge is 0.167 e. The van der Waals surface area contributed by atoms with Gasteiger partial charge in [-0.2, -0.15) is 0 Å². The molecule has 0 fully saturated rings. The summed E-state index contributed by atoms with van der Waals surface area (Å²) in [6.45, 7) is 0.746. The van der Waals surface area contributed by atoms with E-state index in [1.54, 1.807) is 24.5 Å². The molecule has 18 heavy (non-hydrogen) atoms. The van der Waals surface area contributed by atoms with Gasteiger partial charge in [0.15, 0.2) is 11.6 Å². The molecule has 1 aromatic carbocycles. The lowest BCUT2D eigenvalue weighted by molar-refractivity contribution is 0.386. The van der Waals surface area contributed by atoms with E-state index in [-0.39, 0.29) is 11.6 Å². The first-order valence-electron chi connectivity index (χ1n) is 5.76. The van der Waals surface area contributed by atoms with Gasteiger partial charge in [0.05, 0.1) is 7.11 Å². The molecular formula is C14H15FN2O. The van der Waals surface area contributed by atoms with Crippen molar-refractivity contribution in [2.75, 3.05) is 19.0 Å². The summed E-state index contributed by atoms with van der Waals surface area (Å²) in [5.41, 5.74) is 1.95. The van der Waals surface area contributed by atoms with Crippen molar-refractivity contribution < 1.29 is 9.13 Å². The van der Waals surface area contributed by atoms with Gasteiger partial charge in [-0.05, 0) is 36.2 Å². The molecule has 3 nitrogen and oxygen atoms in total. The van der Waals surface area contributed by atoms with E-state index in [2.05, 4.69) is 10.3 Å². The number of benzene rings is 1. The number of nitrogens with zero attached hydrogens (tertiary/aromatic N) is 1. The summed E-state index contributed by atoms with van der Waals surface area (Å²) in [7, 11) is 1.45. The standard InChI is InChI=1S/C14H15FN2O/c1-18-14-3-2-12(10-13(14)15)17-9-6-11-4-7-16-8-5-11/h2-5,7-8,10,17H,6,9H2,1H3. The Morgan fingerprint density at radius 2 is 2.00 bits per heavy atom. The summed E-state index contributed by atoms with van der Waals surface area (Å²) in [5.74, 6) is -0.0962. The maximum atomic E-state index is 13.4. The van der Waals surface area contributed by atoms with E-state index in [1.807, 2.05) is 12.1 Å². The van der Waals surface area contributed by atoms with Gasteiger partial charge >= 0.3 is 0 Å². The second-order valence-corrected chi connectivity index (χ2v) is 3.88. The van der Waals surface area contributed by atoms with Crippen molar-refractivity contribution in [1.82, 2.24) is 4.98 Å². The average Bonchev–Trinajstić information content (AvgIpc) is 2.40. The van der Waals surface area contributed by atoms with Crippen molar-refractivity contribution in [1.29, 1.82) is 0 Å². The predicted octanol–water partition coefficient (Wildman–Crippen LogP) is 2.88. The minimum atomic E-state index is -0.355. The van der Waals surface area contributed by atoms with E-state index in [4.69, 9.17) is 4.74 Å². The number of ether oxygens (including phenoxy) is 1. The minimum Gasteiger partial charge on any atom is -0.494 e. The van der Waals surface area contributed by atoms with E-state index in [1.165, 1.54) is 18.7 Å². The SMILES string of the molecule is COc1ccc(NCCc2ccncc2)cc1F. The summed E-state index contributed by atoms with van der Waals surface area (Å²) in [6, 6.07) is 8.79. The molecule has 1 aromatic heterocycles. The van der Waals surface area contributed by atoms with Crippen LogP contribution in [0.15, 0.2) is 42.7 Å². The fraction of sp³-hybridized carbons (Fsp3) is 0.214. The molecule has 0 amide bonds. The molecule has 2 aromatic rings. The van der Waals surface area contributed by atoms with Crippen LogP contribution in [0.4, 0.5) is 10.1 Å².